The predicted octanol–water partition coefficient (Wildman–Crippen LogP) is 2.26. The molecule has 1 aromatic carbocycles. The molecule has 20 heavy (non-hydrogen) atoms. The van der Waals surface area contributed by atoms with Crippen LogP contribution < -0.4 is 10.2 Å². The monoisotopic (exact) mass is 275 g/mol. The zero-order valence-electron chi connectivity index (χ0n) is 12.9. The minimum atomic E-state index is 0.0534. The van der Waals surface area contributed by atoms with Crippen molar-refractivity contribution in [2.45, 2.75) is 39.8 Å². The molecule has 1 rings (SSSR count). The van der Waals surface area contributed by atoms with E-state index < -0.39 is 0 Å². The Labute approximate surface area is 122 Å². The van der Waals surface area contributed by atoms with E-state index in [-0.39, 0.29) is 12.1 Å². The summed E-state index contributed by atoms with van der Waals surface area (Å²) >= 11 is 0. The number of likely N-dealkylation sites (N-methyl/N-ethyl adjacent to an activating group) is 1. The lowest BCUT2D eigenvalue weighted by Crippen LogP contribution is -2.35. The van der Waals surface area contributed by atoms with E-state index >= 15 is 0 Å². The Morgan fingerprint density at radius 2 is 2.05 bits per heavy atom. The van der Waals surface area contributed by atoms with Crippen LogP contribution in [0.2, 0.25) is 0 Å². The van der Waals surface area contributed by atoms with Gasteiger partial charge in [0.25, 0.3) is 0 Å². The highest BCUT2D eigenvalue weighted by Crippen LogP contribution is 2.21. The maximum Gasteiger partial charge on any atom is 0.101 e. The molecular weight excluding hydrogens is 250 g/mol. The van der Waals surface area contributed by atoms with Crippen molar-refractivity contribution in [3.63, 3.8) is 0 Å². The summed E-state index contributed by atoms with van der Waals surface area (Å²) in [6, 6.07) is 8.19. The molecule has 0 saturated heterocycles. The molecular formula is C16H25N3O. The van der Waals surface area contributed by atoms with Crippen LogP contribution in [-0.2, 0) is 6.54 Å². The lowest BCUT2D eigenvalue weighted by atomic mass is 10.1. The third kappa shape index (κ3) is 4.84. The molecule has 1 aromatic rings. The van der Waals surface area contributed by atoms with Crippen molar-refractivity contribution in [3.05, 3.63) is 29.3 Å². The van der Waals surface area contributed by atoms with Crippen molar-refractivity contribution in [3.8, 4) is 6.07 Å². The topological polar surface area (TPSA) is 59.3 Å². The SMILES string of the molecule is CCN(CCO)c1ccc(CNC(C)(C)C)cc1C#N. The summed E-state index contributed by atoms with van der Waals surface area (Å²) in [5.41, 5.74) is 2.70. The van der Waals surface area contributed by atoms with Crippen LogP contribution in [0, 0.1) is 11.3 Å². The first kappa shape index (κ1) is 16.5. The molecule has 4 nitrogen and oxygen atoms in total. The minimum absolute atomic E-state index is 0.0534. The fourth-order valence-corrected chi connectivity index (χ4v) is 2.00. The number of anilines is 1. The molecule has 0 aliphatic carbocycles. The average molecular weight is 275 g/mol. The summed E-state index contributed by atoms with van der Waals surface area (Å²) in [6.07, 6.45) is 0. The number of nitrogens with zero attached hydrogens (tertiary/aromatic N) is 2. The standard InChI is InChI=1S/C16H25N3O/c1-5-19(8-9-20)15-7-6-13(10-14(15)11-17)12-18-16(2,3)4/h6-7,10,18,20H,5,8-9,12H2,1-4H3. The molecule has 0 fully saturated rings. The lowest BCUT2D eigenvalue weighted by Gasteiger charge is -2.24. The van der Waals surface area contributed by atoms with Crippen molar-refractivity contribution in [2.24, 2.45) is 0 Å². The first-order valence-electron chi connectivity index (χ1n) is 7.05. The number of aliphatic hydroxyl groups excluding tert-OH is 1. The summed E-state index contributed by atoms with van der Waals surface area (Å²) in [5.74, 6) is 0. The third-order valence-electron chi connectivity index (χ3n) is 3.10. The van der Waals surface area contributed by atoms with Crippen LogP contribution in [0.15, 0.2) is 18.2 Å². The number of nitriles is 1. The maximum absolute atomic E-state index is 9.32. The molecule has 0 aliphatic heterocycles. The molecule has 4 heteroatoms. The molecule has 0 saturated carbocycles. The highest BCUT2D eigenvalue weighted by molar-refractivity contribution is 5.60. The number of hydrogen-bond donors (Lipinski definition) is 2. The van der Waals surface area contributed by atoms with Crippen LogP contribution in [-0.4, -0.2) is 30.3 Å². The van der Waals surface area contributed by atoms with E-state index in [0.29, 0.717) is 12.1 Å². The van der Waals surface area contributed by atoms with Crippen LogP contribution >= 0.6 is 0 Å². The van der Waals surface area contributed by atoms with Crippen LogP contribution in [0.3, 0.4) is 0 Å². The van der Waals surface area contributed by atoms with Crippen molar-refractivity contribution < 1.29 is 5.11 Å². The number of aliphatic hydroxyl groups is 1. The Hall–Kier alpha value is -1.57. The van der Waals surface area contributed by atoms with Crippen LogP contribution in [0.4, 0.5) is 5.69 Å². The molecule has 0 aromatic heterocycles. The second-order valence-corrected chi connectivity index (χ2v) is 5.87. The highest BCUT2D eigenvalue weighted by atomic mass is 16.3. The van der Waals surface area contributed by atoms with Gasteiger partial charge in [-0.3, -0.25) is 0 Å². The Morgan fingerprint density at radius 3 is 2.55 bits per heavy atom. The van der Waals surface area contributed by atoms with E-state index in [9.17, 15) is 5.26 Å². The molecule has 0 amide bonds. The zero-order chi connectivity index (χ0) is 15.2. The van der Waals surface area contributed by atoms with Gasteiger partial charge in [-0.05, 0) is 45.4 Å². The summed E-state index contributed by atoms with van der Waals surface area (Å²) in [7, 11) is 0. The van der Waals surface area contributed by atoms with Gasteiger partial charge < -0.3 is 15.3 Å². The van der Waals surface area contributed by atoms with Gasteiger partial charge in [-0.2, -0.15) is 5.26 Å². The molecule has 0 unspecified atom stereocenters. The van der Waals surface area contributed by atoms with Gasteiger partial charge in [0.05, 0.1) is 17.9 Å². The minimum Gasteiger partial charge on any atom is -0.395 e. The summed E-state index contributed by atoms with van der Waals surface area (Å²) in [6.45, 7) is 10.5. The average Bonchev–Trinajstić information content (AvgIpc) is 2.41. The Kier molecular flexibility index (Phi) is 6.00. The molecule has 0 atom stereocenters. The summed E-state index contributed by atoms with van der Waals surface area (Å²) < 4.78 is 0. The van der Waals surface area contributed by atoms with Gasteiger partial charge in [-0.1, -0.05) is 6.07 Å². The molecule has 110 valence electrons. The fourth-order valence-electron chi connectivity index (χ4n) is 2.00. The highest BCUT2D eigenvalue weighted by Gasteiger charge is 2.12. The van der Waals surface area contributed by atoms with E-state index in [1.54, 1.807) is 0 Å². The summed E-state index contributed by atoms with van der Waals surface area (Å²) in [4.78, 5) is 2.01. The van der Waals surface area contributed by atoms with Gasteiger partial charge in [0, 0.05) is 25.2 Å². The molecule has 0 bridgehead atoms. The van der Waals surface area contributed by atoms with Crippen molar-refractivity contribution in [1.82, 2.24) is 5.32 Å². The van der Waals surface area contributed by atoms with Gasteiger partial charge in [0.1, 0.15) is 6.07 Å². The summed E-state index contributed by atoms with van der Waals surface area (Å²) in [5, 5.41) is 21.8. The van der Waals surface area contributed by atoms with Gasteiger partial charge in [-0.15, -0.1) is 0 Å². The maximum atomic E-state index is 9.32. The molecule has 0 spiro atoms. The predicted molar refractivity (Wildman–Crippen MR) is 82.7 cm³/mol. The quantitative estimate of drug-likeness (QED) is 0.836. The second-order valence-electron chi connectivity index (χ2n) is 5.87. The van der Waals surface area contributed by atoms with Crippen molar-refractivity contribution in [1.29, 1.82) is 5.26 Å². The van der Waals surface area contributed by atoms with Gasteiger partial charge in [-0.25, -0.2) is 0 Å². The second kappa shape index (κ2) is 7.28. The number of rotatable bonds is 6. The van der Waals surface area contributed by atoms with Crippen molar-refractivity contribution >= 4 is 5.69 Å². The lowest BCUT2D eigenvalue weighted by molar-refractivity contribution is 0.302. The molecule has 0 heterocycles. The first-order valence-corrected chi connectivity index (χ1v) is 7.05. The fraction of sp³-hybridized carbons (Fsp3) is 0.562. The molecule has 0 aliphatic rings. The van der Waals surface area contributed by atoms with Crippen LogP contribution in [0.1, 0.15) is 38.8 Å². The smallest absolute Gasteiger partial charge is 0.101 e. The number of hydrogen-bond acceptors (Lipinski definition) is 4. The van der Waals surface area contributed by atoms with Gasteiger partial charge >= 0.3 is 0 Å². The van der Waals surface area contributed by atoms with E-state index in [1.165, 1.54) is 0 Å². The normalized spacial score (nSPS) is 11.2. The first-order chi connectivity index (χ1) is 9.41. The van der Waals surface area contributed by atoms with E-state index in [1.807, 2.05) is 30.0 Å². The Balaban J connectivity index is 2.93. The molecule has 0 radical (unpaired) electrons. The van der Waals surface area contributed by atoms with Gasteiger partial charge in [0.15, 0.2) is 0 Å². The van der Waals surface area contributed by atoms with E-state index in [0.717, 1.165) is 24.3 Å². The van der Waals surface area contributed by atoms with E-state index in [4.69, 9.17) is 5.11 Å². The van der Waals surface area contributed by atoms with Crippen molar-refractivity contribution in [2.75, 3.05) is 24.6 Å². The van der Waals surface area contributed by atoms with Crippen LogP contribution in [0.5, 0.6) is 0 Å². The largest absolute Gasteiger partial charge is 0.395 e. The number of benzene rings is 1. The Bertz CT molecular complexity index is 472. The van der Waals surface area contributed by atoms with Crippen LogP contribution in [0.25, 0.3) is 0 Å². The molecule has 2 N–H and O–H groups in total. The van der Waals surface area contributed by atoms with Gasteiger partial charge in [0.2, 0.25) is 0 Å². The zero-order valence-corrected chi connectivity index (χ0v) is 12.9. The third-order valence-corrected chi connectivity index (χ3v) is 3.10. The van der Waals surface area contributed by atoms with E-state index in [2.05, 4.69) is 32.2 Å². The number of nitrogens with one attached hydrogen (secondary N) is 1. The Morgan fingerprint density at radius 1 is 1.35 bits per heavy atom.